The fraction of sp³-hybridized carbons (Fsp3) is 0.294. The van der Waals surface area contributed by atoms with Crippen LogP contribution in [0.5, 0.6) is 17.2 Å². The second-order valence-electron chi connectivity index (χ2n) is 5.04. The van der Waals surface area contributed by atoms with Gasteiger partial charge < -0.3 is 14.2 Å². The zero-order chi connectivity index (χ0) is 18.4. The van der Waals surface area contributed by atoms with E-state index in [4.69, 9.17) is 25.8 Å². The fourth-order valence-electron chi connectivity index (χ4n) is 2.17. The number of hydrogen-bond acceptors (Lipinski definition) is 5. The van der Waals surface area contributed by atoms with Crippen LogP contribution in [0.3, 0.4) is 0 Å². The molecule has 0 spiro atoms. The summed E-state index contributed by atoms with van der Waals surface area (Å²) in [6.45, 7) is 2.38. The number of sulfonamides is 1. The van der Waals surface area contributed by atoms with Gasteiger partial charge in [-0.2, -0.15) is 0 Å². The maximum atomic E-state index is 12.4. The number of ether oxygens (including phenoxy) is 3. The molecule has 0 atom stereocenters. The van der Waals surface area contributed by atoms with Crippen LogP contribution in [0, 0.1) is 0 Å². The van der Waals surface area contributed by atoms with Crippen LogP contribution in [-0.4, -0.2) is 29.2 Å². The lowest BCUT2D eigenvalue weighted by Gasteiger charge is -2.12. The third-order valence-corrected chi connectivity index (χ3v) is 5.12. The summed E-state index contributed by atoms with van der Waals surface area (Å²) in [5.41, 5.74) is 0.734. The average Bonchev–Trinajstić information content (AvgIpc) is 2.61. The number of halogens is 1. The summed E-state index contributed by atoms with van der Waals surface area (Å²) in [6.07, 6.45) is 0. The highest BCUT2D eigenvalue weighted by molar-refractivity contribution is 7.89. The van der Waals surface area contributed by atoms with Crippen LogP contribution < -0.4 is 18.9 Å². The molecule has 0 saturated heterocycles. The molecule has 0 heterocycles. The van der Waals surface area contributed by atoms with Gasteiger partial charge in [0.2, 0.25) is 10.0 Å². The Kier molecular flexibility index (Phi) is 6.52. The van der Waals surface area contributed by atoms with Crippen molar-refractivity contribution in [2.45, 2.75) is 18.4 Å². The van der Waals surface area contributed by atoms with Crippen LogP contribution in [-0.2, 0) is 16.6 Å². The molecule has 0 aliphatic heterocycles. The van der Waals surface area contributed by atoms with E-state index >= 15 is 0 Å². The van der Waals surface area contributed by atoms with Gasteiger partial charge in [-0.25, -0.2) is 13.1 Å². The zero-order valence-corrected chi connectivity index (χ0v) is 15.8. The molecule has 25 heavy (non-hydrogen) atoms. The fourth-order valence-corrected chi connectivity index (χ4v) is 3.52. The van der Waals surface area contributed by atoms with E-state index in [-0.39, 0.29) is 16.5 Å². The summed E-state index contributed by atoms with van der Waals surface area (Å²) >= 11 is 6.06. The Balaban J connectivity index is 2.15. The molecule has 2 aromatic rings. The van der Waals surface area contributed by atoms with Gasteiger partial charge in [-0.15, -0.1) is 0 Å². The van der Waals surface area contributed by atoms with Crippen LogP contribution in [0.4, 0.5) is 0 Å². The molecular formula is C17H20ClNO5S. The Morgan fingerprint density at radius 1 is 1.00 bits per heavy atom. The summed E-state index contributed by atoms with van der Waals surface area (Å²) in [6, 6.07) is 9.55. The molecule has 2 aromatic carbocycles. The maximum Gasteiger partial charge on any atom is 0.240 e. The third kappa shape index (κ3) is 4.78. The highest BCUT2D eigenvalue weighted by atomic mass is 35.5. The number of benzene rings is 2. The minimum absolute atomic E-state index is 0.0708. The Labute approximate surface area is 152 Å². The van der Waals surface area contributed by atoms with Gasteiger partial charge in [-0.05, 0) is 42.8 Å². The van der Waals surface area contributed by atoms with Gasteiger partial charge in [0.25, 0.3) is 0 Å². The first-order valence-corrected chi connectivity index (χ1v) is 9.40. The van der Waals surface area contributed by atoms with Gasteiger partial charge in [-0.1, -0.05) is 17.7 Å². The highest BCUT2D eigenvalue weighted by Gasteiger charge is 2.16. The van der Waals surface area contributed by atoms with Crippen LogP contribution in [0.25, 0.3) is 0 Å². The van der Waals surface area contributed by atoms with E-state index in [1.807, 2.05) is 6.92 Å². The minimum atomic E-state index is -3.71. The first-order valence-electron chi connectivity index (χ1n) is 7.54. The molecule has 2 rings (SSSR count). The first kappa shape index (κ1) is 19.4. The second kappa shape index (κ2) is 8.42. The predicted octanol–water partition coefficient (Wildman–Crippen LogP) is 3.23. The topological polar surface area (TPSA) is 73.9 Å². The summed E-state index contributed by atoms with van der Waals surface area (Å²) in [4.78, 5) is 0.0708. The zero-order valence-electron chi connectivity index (χ0n) is 14.2. The molecule has 0 saturated carbocycles. The molecule has 0 fully saturated rings. The van der Waals surface area contributed by atoms with Gasteiger partial charge in [0.15, 0.2) is 11.5 Å². The lowest BCUT2D eigenvalue weighted by molar-refractivity contribution is 0.340. The summed E-state index contributed by atoms with van der Waals surface area (Å²) in [5, 5.41) is 0.246. The SMILES string of the molecule is CCOc1ccc(S(=O)(=O)NCc2ccc(OC)c(OC)c2)cc1Cl. The van der Waals surface area contributed by atoms with Crippen LogP contribution >= 0.6 is 11.6 Å². The molecule has 0 unspecified atom stereocenters. The van der Waals surface area contributed by atoms with Crippen molar-refractivity contribution in [1.82, 2.24) is 4.72 Å². The van der Waals surface area contributed by atoms with Crippen LogP contribution in [0.2, 0.25) is 5.02 Å². The molecular weight excluding hydrogens is 366 g/mol. The van der Waals surface area contributed by atoms with E-state index in [0.29, 0.717) is 23.9 Å². The minimum Gasteiger partial charge on any atom is -0.493 e. The van der Waals surface area contributed by atoms with Gasteiger partial charge >= 0.3 is 0 Å². The maximum absolute atomic E-state index is 12.4. The standard InChI is InChI=1S/C17H20ClNO5S/c1-4-24-15-8-6-13(10-14(15)18)25(20,21)19-11-12-5-7-16(22-2)17(9-12)23-3/h5-10,19H,4,11H2,1-3H3. The molecule has 8 heteroatoms. The average molecular weight is 386 g/mol. The Morgan fingerprint density at radius 3 is 2.28 bits per heavy atom. The molecule has 136 valence electrons. The second-order valence-corrected chi connectivity index (χ2v) is 7.21. The van der Waals surface area contributed by atoms with Crippen molar-refractivity contribution < 1.29 is 22.6 Å². The molecule has 1 N–H and O–H groups in total. The summed E-state index contributed by atoms with van der Waals surface area (Å²) in [7, 11) is -0.651. The highest BCUT2D eigenvalue weighted by Crippen LogP contribution is 2.29. The first-order chi connectivity index (χ1) is 11.9. The lowest BCUT2D eigenvalue weighted by atomic mass is 10.2. The Hall–Kier alpha value is -1.96. The number of hydrogen-bond donors (Lipinski definition) is 1. The largest absolute Gasteiger partial charge is 0.493 e. The Morgan fingerprint density at radius 2 is 1.68 bits per heavy atom. The molecule has 0 amide bonds. The van der Waals surface area contributed by atoms with Crippen LogP contribution in [0.15, 0.2) is 41.3 Å². The third-order valence-electron chi connectivity index (χ3n) is 3.43. The molecule has 0 aliphatic carbocycles. The Bertz CT molecular complexity index is 839. The van der Waals surface area contributed by atoms with E-state index in [2.05, 4.69) is 4.72 Å². The lowest BCUT2D eigenvalue weighted by Crippen LogP contribution is -2.23. The predicted molar refractivity (Wildman–Crippen MR) is 96.2 cm³/mol. The van der Waals surface area contributed by atoms with E-state index in [0.717, 1.165) is 5.56 Å². The van der Waals surface area contributed by atoms with Crippen molar-refractivity contribution in [3.8, 4) is 17.2 Å². The normalized spacial score (nSPS) is 11.2. The van der Waals surface area contributed by atoms with Crippen molar-refractivity contribution in [2.24, 2.45) is 0 Å². The van der Waals surface area contributed by atoms with E-state index < -0.39 is 10.0 Å². The monoisotopic (exact) mass is 385 g/mol. The van der Waals surface area contributed by atoms with Crippen LogP contribution in [0.1, 0.15) is 12.5 Å². The number of methoxy groups -OCH3 is 2. The van der Waals surface area contributed by atoms with E-state index in [1.165, 1.54) is 32.4 Å². The number of rotatable bonds is 8. The molecule has 0 radical (unpaired) electrons. The van der Waals surface area contributed by atoms with Crippen molar-refractivity contribution >= 4 is 21.6 Å². The molecule has 0 aliphatic rings. The quantitative estimate of drug-likeness (QED) is 0.755. The van der Waals surface area contributed by atoms with Crippen molar-refractivity contribution in [2.75, 3.05) is 20.8 Å². The van der Waals surface area contributed by atoms with Crippen molar-refractivity contribution in [3.05, 3.63) is 47.0 Å². The van der Waals surface area contributed by atoms with Gasteiger partial charge in [0.1, 0.15) is 5.75 Å². The molecule has 0 bridgehead atoms. The summed E-state index contributed by atoms with van der Waals surface area (Å²) < 4.78 is 43.1. The van der Waals surface area contributed by atoms with Gasteiger partial charge in [0, 0.05) is 6.54 Å². The van der Waals surface area contributed by atoms with Crippen molar-refractivity contribution in [3.63, 3.8) is 0 Å². The summed E-state index contributed by atoms with van der Waals surface area (Å²) in [5.74, 6) is 1.55. The molecule has 6 nitrogen and oxygen atoms in total. The van der Waals surface area contributed by atoms with E-state index in [1.54, 1.807) is 18.2 Å². The number of nitrogens with one attached hydrogen (secondary N) is 1. The van der Waals surface area contributed by atoms with Crippen molar-refractivity contribution in [1.29, 1.82) is 0 Å². The smallest absolute Gasteiger partial charge is 0.240 e. The molecule has 0 aromatic heterocycles. The van der Waals surface area contributed by atoms with Gasteiger partial charge in [-0.3, -0.25) is 0 Å². The van der Waals surface area contributed by atoms with Gasteiger partial charge in [0.05, 0.1) is 30.7 Å². The van der Waals surface area contributed by atoms with E-state index in [9.17, 15) is 8.42 Å².